The molecule has 1 aromatic heterocycles. The summed E-state index contributed by atoms with van der Waals surface area (Å²) in [4.78, 5) is 4.20. The lowest BCUT2D eigenvalue weighted by Crippen LogP contribution is -2.36. The summed E-state index contributed by atoms with van der Waals surface area (Å²) in [6.07, 6.45) is 3.01. The van der Waals surface area contributed by atoms with Crippen molar-refractivity contribution in [1.29, 1.82) is 0 Å². The van der Waals surface area contributed by atoms with Crippen LogP contribution in [0.5, 0.6) is 0 Å². The maximum Gasteiger partial charge on any atom is 0.183 e. The van der Waals surface area contributed by atoms with E-state index in [0.29, 0.717) is 0 Å². The summed E-state index contributed by atoms with van der Waals surface area (Å²) in [5, 5.41) is 9.80. The third-order valence-electron chi connectivity index (χ3n) is 2.21. The van der Waals surface area contributed by atoms with Gasteiger partial charge < -0.3 is 10.6 Å². The van der Waals surface area contributed by atoms with E-state index in [1.807, 2.05) is 11.6 Å². The van der Waals surface area contributed by atoms with Crippen molar-refractivity contribution in [1.82, 2.24) is 10.3 Å². The van der Waals surface area contributed by atoms with E-state index in [2.05, 4.69) is 22.5 Å². The molecule has 12 heavy (non-hydrogen) atoms. The first-order valence-corrected chi connectivity index (χ1v) is 5.05. The maximum absolute atomic E-state index is 4.20. The molecule has 0 radical (unpaired) electrons. The zero-order chi connectivity index (χ0) is 8.44. The second-order valence-corrected chi connectivity index (χ2v) is 4.34. The van der Waals surface area contributed by atoms with Gasteiger partial charge in [0.25, 0.3) is 0 Å². The van der Waals surface area contributed by atoms with Gasteiger partial charge in [-0.2, -0.15) is 0 Å². The normalized spacial score (nSPS) is 29.1. The molecule has 1 aromatic rings. The minimum Gasteiger partial charge on any atom is -0.355 e. The monoisotopic (exact) mass is 183 g/mol. The Morgan fingerprint density at radius 1 is 1.75 bits per heavy atom. The second kappa shape index (κ2) is 3.03. The lowest BCUT2D eigenvalue weighted by atomic mass is 10.0. The molecular weight excluding hydrogens is 170 g/mol. The van der Waals surface area contributed by atoms with Crippen LogP contribution in [0, 0.1) is 0 Å². The zero-order valence-electron chi connectivity index (χ0n) is 7.13. The van der Waals surface area contributed by atoms with E-state index in [9.17, 15) is 0 Å². The van der Waals surface area contributed by atoms with Gasteiger partial charge in [-0.15, -0.1) is 11.3 Å². The van der Waals surface area contributed by atoms with Gasteiger partial charge in [0.1, 0.15) is 0 Å². The summed E-state index contributed by atoms with van der Waals surface area (Å²) in [7, 11) is 0. The van der Waals surface area contributed by atoms with Gasteiger partial charge in [0.2, 0.25) is 0 Å². The van der Waals surface area contributed by atoms with Gasteiger partial charge in [-0.25, -0.2) is 4.98 Å². The molecule has 0 spiro atoms. The minimum absolute atomic E-state index is 0.206. The van der Waals surface area contributed by atoms with Gasteiger partial charge in [-0.05, 0) is 19.9 Å². The summed E-state index contributed by atoms with van der Waals surface area (Å²) in [5.41, 5.74) is 0.206. The van der Waals surface area contributed by atoms with Crippen molar-refractivity contribution in [2.24, 2.45) is 0 Å². The van der Waals surface area contributed by atoms with Gasteiger partial charge in [0.15, 0.2) is 5.13 Å². The van der Waals surface area contributed by atoms with Crippen LogP contribution in [-0.2, 0) is 0 Å². The Kier molecular flexibility index (Phi) is 2.02. The highest BCUT2D eigenvalue weighted by Crippen LogP contribution is 2.22. The van der Waals surface area contributed by atoms with Gasteiger partial charge in [0.05, 0.1) is 5.54 Å². The molecule has 0 aromatic carbocycles. The number of nitrogens with one attached hydrogen (secondary N) is 2. The second-order valence-electron chi connectivity index (χ2n) is 3.45. The molecular formula is C8H13N3S. The molecule has 1 unspecified atom stereocenters. The molecule has 4 heteroatoms. The molecule has 1 aliphatic heterocycles. The summed E-state index contributed by atoms with van der Waals surface area (Å²) in [5.74, 6) is 0. The molecule has 0 amide bonds. The molecule has 1 fully saturated rings. The summed E-state index contributed by atoms with van der Waals surface area (Å²) >= 11 is 1.66. The smallest absolute Gasteiger partial charge is 0.183 e. The molecule has 0 saturated carbocycles. The fraction of sp³-hybridized carbons (Fsp3) is 0.625. The predicted octanol–water partition coefficient (Wildman–Crippen LogP) is 1.31. The van der Waals surface area contributed by atoms with Gasteiger partial charge in [-0.1, -0.05) is 0 Å². The highest BCUT2D eigenvalue weighted by atomic mass is 32.1. The minimum atomic E-state index is 0.206. The van der Waals surface area contributed by atoms with E-state index >= 15 is 0 Å². The third kappa shape index (κ3) is 1.59. The van der Waals surface area contributed by atoms with E-state index in [1.54, 1.807) is 11.3 Å². The Hall–Kier alpha value is -0.610. The summed E-state index contributed by atoms with van der Waals surface area (Å²) in [6, 6.07) is 0. The Labute approximate surface area is 76.2 Å². The number of hydrogen-bond donors (Lipinski definition) is 2. The Bertz CT molecular complexity index is 239. The number of aromatic nitrogens is 1. The van der Waals surface area contributed by atoms with Crippen molar-refractivity contribution in [2.45, 2.75) is 18.9 Å². The molecule has 0 bridgehead atoms. The van der Waals surface area contributed by atoms with Crippen LogP contribution in [0.25, 0.3) is 0 Å². The highest BCUT2D eigenvalue weighted by Gasteiger charge is 2.28. The molecule has 2 rings (SSSR count). The van der Waals surface area contributed by atoms with Gasteiger partial charge in [0, 0.05) is 18.1 Å². The number of thiazole rings is 1. The van der Waals surface area contributed by atoms with Crippen molar-refractivity contribution in [3.05, 3.63) is 11.6 Å². The standard InChI is InChI=1S/C8H13N3S/c1-8(2-3-9-6-8)11-7-10-4-5-12-7/h4-5,9H,2-3,6H2,1H3,(H,10,11). The number of hydrogen-bond acceptors (Lipinski definition) is 4. The Morgan fingerprint density at radius 3 is 3.25 bits per heavy atom. The molecule has 1 saturated heterocycles. The van der Waals surface area contributed by atoms with Crippen molar-refractivity contribution in [2.75, 3.05) is 18.4 Å². The van der Waals surface area contributed by atoms with Crippen molar-refractivity contribution in [3.63, 3.8) is 0 Å². The van der Waals surface area contributed by atoms with E-state index < -0.39 is 0 Å². The molecule has 1 atom stereocenters. The van der Waals surface area contributed by atoms with E-state index in [1.165, 1.54) is 6.42 Å². The molecule has 3 nitrogen and oxygen atoms in total. The molecule has 2 N–H and O–H groups in total. The average molecular weight is 183 g/mol. The highest BCUT2D eigenvalue weighted by molar-refractivity contribution is 7.13. The van der Waals surface area contributed by atoms with E-state index in [0.717, 1.165) is 18.2 Å². The zero-order valence-corrected chi connectivity index (χ0v) is 7.95. The average Bonchev–Trinajstić information content (AvgIpc) is 2.62. The number of rotatable bonds is 2. The van der Waals surface area contributed by atoms with Gasteiger partial charge >= 0.3 is 0 Å². The van der Waals surface area contributed by atoms with E-state index in [-0.39, 0.29) is 5.54 Å². The van der Waals surface area contributed by atoms with Crippen LogP contribution >= 0.6 is 11.3 Å². The van der Waals surface area contributed by atoms with Crippen LogP contribution < -0.4 is 10.6 Å². The Balaban J connectivity index is 2.02. The first-order valence-electron chi connectivity index (χ1n) is 4.17. The molecule has 66 valence electrons. The van der Waals surface area contributed by atoms with Crippen LogP contribution in [0.2, 0.25) is 0 Å². The fourth-order valence-corrected chi connectivity index (χ4v) is 2.14. The van der Waals surface area contributed by atoms with E-state index in [4.69, 9.17) is 0 Å². The maximum atomic E-state index is 4.20. The van der Waals surface area contributed by atoms with Crippen LogP contribution in [0.4, 0.5) is 5.13 Å². The lowest BCUT2D eigenvalue weighted by molar-refractivity contribution is 0.566. The van der Waals surface area contributed by atoms with Crippen molar-refractivity contribution in [3.8, 4) is 0 Å². The fourth-order valence-electron chi connectivity index (χ4n) is 1.47. The first kappa shape index (κ1) is 8.01. The first-order chi connectivity index (χ1) is 5.79. The third-order valence-corrected chi connectivity index (χ3v) is 2.90. The van der Waals surface area contributed by atoms with Crippen molar-refractivity contribution >= 4 is 16.5 Å². The summed E-state index contributed by atoms with van der Waals surface area (Å²) < 4.78 is 0. The van der Waals surface area contributed by atoms with Crippen LogP contribution in [0.3, 0.4) is 0 Å². The van der Waals surface area contributed by atoms with Crippen LogP contribution in [0.15, 0.2) is 11.6 Å². The number of nitrogens with zero attached hydrogens (tertiary/aromatic N) is 1. The molecule has 2 heterocycles. The topological polar surface area (TPSA) is 37.0 Å². The number of anilines is 1. The van der Waals surface area contributed by atoms with Crippen molar-refractivity contribution < 1.29 is 0 Å². The van der Waals surface area contributed by atoms with Gasteiger partial charge in [-0.3, -0.25) is 0 Å². The lowest BCUT2D eigenvalue weighted by Gasteiger charge is -2.23. The molecule has 0 aliphatic carbocycles. The molecule has 1 aliphatic rings. The summed E-state index contributed by atoms with van der Waals surface area (Å²) in [6.45, 7) is 4.37. The largest absolute Gasteiger partial charge is 0.355 e. The SMILES string of the molecule is CC1(Nc2nccs2)CCNC1. The van der Waals surface area contributed by atoms with Crippen LogP contribution in [0.1, 0.15) is 13.3 Å². The predicted molar refractivity (Wildman–Crippen MR) is 51.6 cm³/mol. The van der Waals surface area contributed by atoms with Crippen LogP contribution in [-0.4, -0.2) is 23.6 Å². The Morgan fingerprint density at radius 2 is 2.67 bits per heavy atom. The quantitative estimate of drug-likeness (QED) is 0.726.